The maximum absolute atomic E-state index is 11.5. The number of nitrogens with zero attached hydrogens (tertiary/aromatic N) is 1. The number of amides is 1. The van der Waals surface area contributed by atoms with Crippen LogP contribution in [-0.2, 0) is 4.79 Å². The van der Waals surface area contributed by atoms with Gasteiger partial charge in [0.1, 0.15) is 18.4 Å². The van der Waals surface area contributed by atoms with Crippen LogP contribution in [0.1, 0.15) is 17.3 Å². The van der Waals surface area contributed by atoms with Crippen molar-refractivity contribution in [1.82, 2.24) is 10.2 Å². The van der Waals surface area contributed by atoms with Crippen molar-refractivity contribution in [3.05, 3.63) is 29.8 Å². The maximum Gasteiger partial charge on any atom is 0.236 e. The van der Waals surface area contributed by atoms with E-state index in [0.29, 0.717) is 31.0 Å². The molecule has 3 N–H and O–H groups in total. The second-order valence-electron chi connectivity index (χ2n) is 5.06. The normalized spacial score (nSPS) is 19.2. The average Bonchev–Trinajstić information content (AvgIpc) is 2.48. The fourth-order valence-corrected chi connectivity index (χ4v) is 2.45. The highest BCUT2D eigenvalue weighted by molar-refractivity contribution is 5.96. The first-order valence-electron chi connectivity index (χ1n) is 7.06. The van der Waals surface area contributed by atoms with E-state index < -0.39 is 0 Å². The van der Waals surface area contributed by atoms with Crippen LogP contribution in [-0.4, -0.2) is 55.4 Å². The molecule has 0 saturated carbocycles. The number of hydrogen-bond donors (Lipinski definition) is 2. The Morgan fingerprint density at radius 3 is 2.90 bits per heavy atom. The Bertz CT molecular complexity index is 519. The van der Waals surface area contributed by atoms with Gasteiger partial charge in [0.25, 0.3) is 0 Å². The molecule has 1 amide bonds. The molecule has 1 atom stereocenters. The Hall–Kier alpha value is -1.92. The van der Waals surface area contributed by atoms with Gasteiger partial charge < -0.3 is 15.8 Å². The van der Waals surface area contributed by atoms with Crippen LogP contribution in [0.3, 0.4) is 0 Å². The lowest BCUT2D eigenvalue weighted by Gasteiger charge is -2.33. The molecule has 1 heterocycles. The molecule has 2 rings (SSSR count). The van der Waals surface area contributed by atoms with Crippen LogP contribution in [0.25, 0.3) is 0 Å². The first kappa shape index (κ1) is 15.5. The molecule has 21 heavy (non-hydrogen) atoms. The van der Waals surface area contributed by atoms with Crippen molar-refractivity contribution in [1.29, 1.82) is 0 Å². The summed E-state index contributed by atoms with van der Waals surface area (Å²) in [6.45, 7) is 4.68. The first-order chi connectivity index (χ1) is 10.1. The van der Waals surface area contributed by atoms with Gasteiger partial charge in [0.2, 0.25) is 5.91 Å². The number of nitrogens with one attached hydrogen (secondary N) is 1. The number of ether oxygens (including phenoxy) is 1. The Labute approximate surface area is 124 Å². The maximum atomic E-state index is 11.5. The van der Waals surface area contributed by atoms with Gasteiger partial charge in [-0.15, -0.1) is 0 Å². The molecule has 0 radical (unpaired) electrons. The molecule has 1 unspecified atom stereocenters. The van der Waals surface area contributed by atoms with Gasteiger partial charge in [0, 0.05) is 26.2 Å². The zero-order valence-corrected chi connectivity index (χ0v) is 12.2. The number of Topliss-reactive ketones (excluding diaryl/α,β-unsaturated/α-hetero) is 1. The predicted octanol–water partition coefficient (Wildman–Crippen LogP) is 0.0271. The Balaban J connectivity index is 1.92. The van der Waals surface area contributed by atoms with Crippen LogP contribution in [0, 0.1) is 0 Å². The number of para-hydroxylation sites is 1. The van der Waals surface area contributed by atoms with Gasteiger partial charge in [-0.3, -0.25) is 14.5 Å². The van der Waals surface area contributed by atoms with Crippen molar-refractivity contribution in [2.45, 2.75) is 13.0 Å². The summed E-state index contributed by atoms with van der Waals surface area (Å²) in [4.78, 5) is 24.9. The summed E-state index contributed by atoms with van der Waals surface area (Å²) in [6.07, 6.45) is 0. The molecule has 0 aliphatic carbocycles. The fourth-order valence-electron chi connectivity index (χ4n) is 2.45. The molecule has 1 aromatic carbocycles. The number of benzene rings is 1. The topological polar surface area (TPSA) is 84.7 Å². The van der Waals surface area contributed by atoms with E-state index in [0.717, 1.165) is 13.1 Å². The third-order valence-corrected chi connectivity index (χ3v) is 3.59. The van der Waals surface area contributed by atoms with Crippen LogP contribution >= 0.6 is 0 Å². The summed E-state index contributed by atoms with van der Waals surface area (Å²) in [5.74, 6) is 0.227. The lowest BCUT2D eigenvalue weighted by Crippen LogP contribution is -2.57. The first-order valence-corrected chi connectivity index (χ1v) is 7.06. The number of hydrogen-bond acceptors (Lipinski definition) is 5. The molecular formula is C15H21N3O3. The SMILES string of the molecule is CC(=O)c1ccccc1OCCN1CCNCC1C(N)=O. The van der Waals surface area contributed by atoms with E-state index in [1.165, 1.54) is 6.92 Å². The largest absolute Gasteiger partial charge is 0.491 e. The van der Waals surface area contributed by atoms with Crippen molar-refractivity contribution >= 4 is 11.7 Å². The minimum Gasteiger partial charge on any atom is -0.491 e. The lowest BCUT2D eigenvalue weighted by molar-refractivity contribution is -0.123. The summed E-state index contributed by atoms with van der Waals surface area (Å²) < 4.78 is 5.69. The molecule has 1 fully saturated rings. The number of rotatable bonds is 6. The lowest BCUT2D eigenvalue weighted by atomic mass is 10.1. The fraction of sp³-hybridized carbons (Fsp3) is 0.467. The molecule has 1 saturated heterocycles. The molecule has 0 spiro atoms. The van der Waals surface area contributed by atoms with E-state index in [2.05, 4.69) is 5.32 Å². The second-order valence-corrected chi connectivity index (χ2v) is 5.06. The molecular weight excluding hydrogens is 270 g/mol. The Morgan fingerprint density at radius 2 is 2.19 bits per heavy atom. The number of carbonyl (C=O) groups is 2. The monoisotopic (exact) mass is 291 g/mol. The van der Waals surface area contributed by atoms with Crippen LogP contribution < -0.4 is 15.8 Å². The van der Waals surface area contributed by atoms with Crippen molar-refractivity contribution < 1.29 is 14.3 Å². The Morgan fingerprint density at radius 1 is 1.43 bits per heavy atom. The molecule has 1 aliphatic heterocycles. The number of ketones is 1. The van der Waals surface area contributed by atoms with Gasteiger partial charge in [-0.05, 0) is 19.1 Å². The Kier molecular flexibility index (Phi) is 5.30. The zero-order valence-electron chi connectivity index (χ0n) is 12.2. The zero-order chi connectivity index (χ0) is 15.2. The summed E-state index contributed by atoms with van der Waals surface area (Å²) in [6, 6.07) is 6.86. The number of piperazine rings is 1. The van der Waals surface area contributed by atoms with Gasteiger partial charge in [0.05, 0.1) is 5.56 Å². The molecule has 114 valence electrons. The molecule has 0 aromatic heterocycles. The molecule has 6 nitrogen and oxygen atoms in total. The van der Waals surface area contributed by atoms with Gasteiger partial charge >= 0.3 is 0 Å². The van der Waals surface area contributed by atoms with Crippen molar-refractivity contribution in [2.24, 2.45) is 5.73 Å². The van der Waals surface area contributed by atoms with Crippen molar-refractivity contribution in [3.63, 3.8) is 0 Å². The van der Waals surface area contributed by atoms with Gasteiger partial charge in [-0.2, -0.15) is 0 Å². The van der Waals surface area contributed by atoms with Crippen LogP contribution in [0.2, 0.25) is 0 Å². The minimum absolute atomic E-state index is 0.0252. The van der Waals surface area contributed by atoms with E-state index in [9.17, 15) is 9.59 Å². The van der Waals surface area contributed by atoms with Crippen molar-refractivity contribution in [2.75, 3.05) is 32.8 Å². The third-order valence-electron chi connectivity index (χ3n) is 3.59. The van der Waals surface area contributed by atoms with Gasteiger partial charge in [0.15, 0.2) is 5.78 Å². The highest BCUT2D eigenvalue weighted by Crippen LogP contribution is 2.18. The predicted molar refractivity (Wildman–Crippen MR) is 79.4 cm³/mol. The van der Waals surface area contributed by atoms with E-state index >= 15 is 0 Å². The molecule has 6 heteroatoms. The number of carbonyl (C=O) groups excluding carboxylic acids is 2. The molecule has 1 aliphatic rings. The third kappa shape index (κ3) is 4.03. The minimum atomic E-state index is -0.327. The van der Waals surface area contributed by atoms with Crippen molar-refractivity contribution in [3.8, 4) is 5.75 Å². The van der Waals surface area contributed by atoms with E-state index in [1.807, 2.05) is 17.0 Å². The highest BCUT2D eigenvalue weighted by Gasteiger charge is 2.26. The van der Waals surface area contributed by atoms with E-state index in [1.54, 1.807) is 12.1 Å². The summed E-state index contributed by atoms with van der Waals surface area (Å²) in [7, 11) is 0. The van der Waals surface area contributed by atoms with Crippen LogP contribution in [0.5, 0.6) is 5.75 Å². The summed E-state index contributed by atoms with van der Waals surface area (Å²) in [5, 5.41) is 3.15. The standard InChI is InChI=1S/C15H21N3O3/c1-11(19)12-4-2-3-5-14(12)21-9-8-18-7-6-17-10-13(18)15(16)20/h2-5,13,17H,6-10H2,1H3,(H2,16,20). The number of nitrogens with two attached hydrogens (primary N) is 1. The molecule has 0 bridgehead atoms. The average molecular weight is 291 g/mol. The summed E-state index contributed by atoms with van der Waals surface area (Å²) >= 11 is 0. The van der Waals surface area contributed by atoms with Crippen LogP contribution in [0.15, 0.2) is 24.3 Å². The number of primary amides is 1. The molecule has 1 aromatic rings. The second kappa shape index (κ2) is 7.19. The van der Waals surface area contributed by atoms with Gasteiger partial charge in [-0.25, -0.2) is 0 Å². The van der Waals surface area contributed by atoms with E-state index in [-0.39, 0.29) is 17.7 Å². The highest BCUT2D eigenvalue weighted by atomic mass is 16.5. The quantitative estimate of drug-likeness (QED) is 0.722. The summed E-state index contributed by atoms with van der Waals surface area (Å²) in [5.41, 5.74) is 5.97. The van der Waals surface area contributed by atoms with Gasteiger partial charge in [-0.1, -0.05) is 12.1 Å². The van der Waals surface area contributed by atoms with E-state index in [4.69, 9.17) is 10.5 Å². The smallest absolute Gasteiger partial charge is 0.236 e. The van der Waals surface area contributed by atoms with Crippen LogP contribution in [0.4, 0.5) is 0 Å².